The molecular formula is C21H33NOS. The fourth-order valence-electron chi connectivity index (χ4n) is 6.93. The number of likely N-dealkylation sites (tertiary alicyclic amines) is 1. The lowest BCUT2D eigenvalue weighted by atomic mass is 9.50. The van der Waals surface area contributed by atoms with Crippen molar-refractivity contribution in [3.05, 3.63) is 11.8 Å². The molecule has 1 heterocycles. The number of piperidine rings is 1. The molecule has 2 nitrogen and oxygen atoms in total. The first-order valence-corrected chi connectivity index (χ1v) is 11.0. The quantitative estimate of drug-likeness (QED) is 0.719. The second-order valence-corrected chi connectivity index (χ2v) is 11.0. The van der Waals surface area contributed by atoms with Crippen LogP contribution in [0.1, 0.15) is 59.3 Å². The van der Waals surface area contributed by atoms with E-state index in [2.05, 4.69) is 44.5 Å². The lowest BCUT2D eigenvalue weighted by Gasteiger charge is -2.59. The van der Waals surface area contributed by atoms with Crippen LogP contribution in [0.3, 0.4) is 0 Å². The van der Waals surface area contributed by atoms with E-state index in [-0.39, 0.29) is 5.41 Å². The Kier molecular flexibility index (Phi) is 4.10. The Hall–Kier alpha value is -0.440. The second-order valence-electron chi connectivity index (χ2n) is 9.38. The maximum Gasteiger partial charge on any atom is 0.157 e. The molecule has 24 heavy (non-hydrogen) atoms. The van der Waals surface area contributed by atoms with Gasteiger partial charge in [0.1, 0.15) is 0 Å². The minimum atomic E-state index is 0.239. The molecular weight excluding hydrogens is 314 g/mol. The molecule has 0 amide bonds. The van der Waals surface area contributed by atoms with Crippen LogP contribution in [0.2, 0.25) is 0 Å². The van der Waals surface area contributed by atoms with Gasteiger partial charge in [0.05, 0.1) is 0 Å². The van der Waals surface area contributed by atoms with E-state index in [1.54, 1.807) is 0 Å². The first-order valence-electron chi connectivity index (χ1n) is 9.95. The topological polar surface area (TPSA) is 20.3 Å². The average molecular weight is 348 g/mol. The van der Waals surface area contributed by atoms with Gasteiger partial charge in [0, 0.05) is 42.5 Å². The number of hydrogen-bond acceptors (Lipinski definition) is 3. The largest absolute Gasteiger partial charge is 0.377 e. The third-order valence-corrected chi connectivity index (χ3v) is 9.22. The third kappa shape index (κ3) is 2.40. The number of carbonyl (C=O) groups excluding carboxylic acids is 1. The van der Waals surface area contributed by atoms with Crippen LogP contribution < -0.4 is 0 Å². The molecule has 3 heteroatoms. The molecule has 0 aromatic rings. The summed E-state index contributed by atoms with van der Waals surface area (Å²) in [5.74, 6) is 4.10. The molecule has 4 aliphatic rings. The van der Waals surface area contributed by atoms with E-state index < -0.39 is 0 Å². The van der Waals surface area contributed by atoms with E-state index in [1.165, 1.54) is 43.7 Å². The summed E-state index contributed by atoms with van der Waals surface area (Å²) in [5, 5.41) is 0.881. The summed E-state index contributed by atoms with van der Waals surface area (Å²) >= 11 is 2.20. The van der Waals surface area contributed by atoms with Crippen LogP contribution in [0, 0.1) is 28.6 Å². The predicted molar refractivity (Wildman–Crippen MR) is 102 cm³/mol. The van der Waals surface area contributed by atoms with Crippen LogP contribution in [0.5, 0.6) is 0 Å². The molecule has 2 saturated carbocycles. The maximum absolute atomic E-state index is 12.0. The first kappa shape index (κ1) is 17.0. The summed E-state index contributed by atoms with van der Waals surface area (Å²) in [5.41, 5.74) is 2.15. The summed E-state index contributed by atoms with van der Waals surface area (Å²) in [6, 6.07) is 0. The molecule has 0 spiro atoms. The van der Waals surface area contributed by atoms with Crippen LogP contribution in [0.25, 0.3) is 0 Å². The van der Waals surface area contributed by atoms with Crippen molar-refractivity contribution in [2.45, 2.75) is 64.5 Å². The highest BCUT2D eigenvalue weighted by Gasteiger charge is 2.58. The predicted octanol–water partition coefficient (Wildman–Crippen LogP) is 4.75. The van der Waals surface area contributed by atoms with Gasteiger partial charge >= 0.3 is 0 Å². The Labute approximate surface area is 151 Å². The highest BCUT2D eigenvalue weighted by Crippen LogP contribution is 2.64. The number of fused-ring (bicyclic) bond motifs is 5. The van der Waals surface area contributed by atoms with E-state index in [4.69, 9.17) is 0 Å². The summed E-state index contributed by atoms with van der Waals surface area (Å²) in [6.07, 6.45) is 9.45. The fraction of sp³-hybridized carbons (Fsp3) is 0.857. The van der Waals surface area contributed by atoms with E-state index in [1.807, 2.05) is 6.08 Å². The fourth-order valence-corrected chi connectivity index (χ4v) is 8.24. The smallest absolute Gasteiger partial charge is 0.157 e. The average Bonchev–Trinajstić information content (AvgIpc) is 2.86. The number of thioether (sulfide) groups is 1. The van der Waals surface area contributed by atoms with Crippen molar-refractivity contribution in [2.75, 3.05) is 19.3 Å². The van der Waals surface area contributed by atoms with Crippen molar-refractivity contribution in [2.24, 2.45) is 28.6 Å². The van der Waals surface area contributed by atoms with E-state index in [9.17, 15) is 4.79 Å². The Morgan fingerprint density at radius 2 is 2.08 bits per heavy atom. The van der Waals surface area contributed by atoms with Crippen LogP contribution in [-0.2, 0) is 4.79 Å². The van der Waals surface area contributed by atoms with E-state index in [0.717, 1.165) is 35.8 Å². The van der Waals surface area contributed by atoms with Gasteiger partial charge in [0.2, 0.25) is 0 Å². The number of hydrogen-bond donors (Lipinski definition) is 0. The Bertz CT molecular complexity index is 572. The number of carbonyl (C=O) groups is 1. The standard InChI is InChI=1S/C21H33NOS/c1-5-24-15-11-18-16-13-22(4)19-10-14(23)6-9-21(19,3)17(16)7-8-20(18,2)12-15/h10,15-18H,5-9,11-13H2,1-4H3/t15?,16-,17-,18+,20-,21-/m1/s1. The van der Waals surface area contributed by atoms with Gasteiger partial charge in [0.25, 0.3) is 0 Å². The lowest BCUT2D eigenvalue weighted by molar-refractivity contribution is -0.118. The Balaban J connectivity index is 1.66. The number of ketones is 1. The van der Waals surface area contributed by atoms with Gasteiger partial charge in [-0.1, -0.05) is 20.8 Å². The van der Waals surface area contributed by atoms with Gasteiger partial charge in [-0.15, -0.1) is 0 Å². The monoisotopic (exact) mass is 347 g/mol. The molecule has 3 aliphatic carbocycles. The molecule has 4 rings (SSSR count). The zero-order valence-corrected chi connectivity index (χ0v) is 16.6. The molecule has 0 aromatic heterocycles. The first-order chi connectivity index (χ1) is 11.4. The highest BCUT2D eigenvalue weighted by atomic mass is 32.2. The molecule has 134 valence electrons. The Morgan fingerprint density at radius 1 is 1.29 bits per heavy atom. The van der Waals surface area contributed by atoms with Gasteiger partial charge < -0.3 is 4.90 Å². The summed E-state index contributed by atoms with van der Waals surface area (Å²) in [6.45, 7) is 8.53. The lowest BCUT2D eigenvalue weighted by Crippen LogP contribution is -2.56. The van der Waals surface area contributed by atoms with Crippen molar-refractivity contribution in [1.29, 1.82) is 0 Å². The molecule has 1 saturated heterocycles. The second kappa shape index (κ2) is 5.79. The van der Waals surface area contributed by atoms with Crippen molar-refractivity contribution < 1.29 is 4.79 Å². The molecule has 0 N–H and O–H groups in total. The van der Waals surface area contributed by atoms with Gasteiger partial charge in [-0.3, -0.25) is 4.79 Å². The van der Waals surface area contributed by atoms with Crippen molar-refractivity contribution in [1.82, 2.24) is 4.90 Å². The zero-order valence-electron chi connectivity index (χ0n) is 15.8. The van der Waals surface area contributed by atoms with Crippen LogP contribution >= 0.6 is 11.8 Å². The third-order valence-electron chi connectivity index (χ3n) is 8.06. The van der Waals surface area contributed by atoms with Crippen LogP contribution in [-0.4, -0.2) is 35.3 Å². The summed E-state index contributed by atoms with van der Waals surface area (Å²) < 4.78 is 0. The van der Waals surface area contributed by atoms with Crippen LogP contribution in [0.4, 0.5) is 0 Å². The summed E-state index contributed by atoms with van der Waals surface area (Å²) in [4.78, 5) is 14.5. The molecule has 3 fully saturated rings. The van der Waals surface area contributed by atoms with E-state index >= 15 is 0 Å². The normalized spacial score (nSPS) is 47.8. The van der Waals surface area contributed by atoms with Crippen molar-refractivity contribution in [3.8, 4) is 0 Å². The van der Waals surface area contributed by atoms with Crippen molar-refractivity contribution in [3.63, 3.8) is 0 Å². The minimum absolute atomic E-state index is 0.239. The van der Waals surface area contributed by atoms with Gasteiger partial charge in [-0.05, 0) is 61.0 Å². The molecule has 0 radical (unpaired) electrons. The van der Waals surface area contributed by atoms with Crippen molar-refractivity contribution >= 4 is 17.5 Å². The van der Waals surface area contributed by atoms with Crippen LogP contribution in [0.15, 0.2) is 11.8 Å². The van der Waals surface area contributed by atoms with Gasteiger partial charge in [-0.2, -0.15) is 11.8 Å². The van der Waals surface area contributed by atoms with Gasteiger partial charge in [-0.25, -0.2) is 0 Å². The number of nitrogens with zero attached hydrogens (tertiary/aromatic N) is 1. The molecule has 1 unspecified atom stereocenters. The molecule has 0 bridgehead atoms. The summed E-state index contributed by atoms with van der Waals surface area (Å²) in [7, 11) is 2.23. The minimum Gasteiger partial charge on any atom is -0.377 e. The Morgan fingerprint density at radius 3 is 2.83 bits per heavy atom. The molecule has 1 aliphatic heterocycles. The maximum atomic E-state index is 12.0. The number of allylic oxidation sites excluding steroid dienone is 2. The molecule has 6 atom stereocenters. The zero-order chi connectivity index (χ0) is 17.1. The highest BCUT2D eigenvalue weighted by molar-refractivity contribution is 7.99. The molecule has 0 aromatic carbocycles. The van der Waals surface area contributed by atoms with E-state index in [0.29, 0.717) is 11.2 Å². The SMILES string of the molecule is CCSC1C[C@H]2[C@@H]3CN(C)C4=CC(=O)CC[C@]4(C)[C@@H]3CC[C@]2(C)C1. The number of rotatable bonds is 2. The van der Waals surface area contributed by atoms with Gasteiger partial charge in [0.15, 0.2) is 5.78 Å².